The molecule has 4 rings (SSSR count). The van der Waals surface area contributed by atoms with E-state index >= 15 is 0 Å². The second-order valence-electron chi connectivity index (χ2n) is 5.91. The van der Waals surface area contributed by atoms with Gasteiger partial charge in [-0.2, -0.15) is 0 Å². The molecule has 1 atom stereocenters. The topological polar surface area (TPSA) is 76.1 Å². The number of para-hydroxylation sites is 1. The van der Waals surface area contributed by atoms with Crippen molar-refractivity contribution < 1.29 is 24.2 Å². The van der Waals surface area contributed by atoms with Crippen molar-refractivity contribution in [3.8, 4) is 11.5 Å². The van der Waals surface area contributed by atoms with Gasteiger partial charge >= 0.3 is 0 Å². The van der Waals surface area contributed by atoms with Crippen LogP contribution in [0.3, 0.4) is 0 Å². The Morgan fingerprint density at radius 2 is 1.96 bits per heavy atom. The normalized spacial score (nSPS) is 21.1. The van der Waals surface area contributed by atoms with Crippen molar-refractivity contribution in [1.82, 2.24) is 0 Å². The van der Waals surface area contributed by atoms with Crippen LogP contribution >= 0.6 is 0 Å². The number of anilines is 1. The number of carbonyl (C=O) groups excluding carboxylic acids is 2. The predicted molar refractivity (Wildman–Crippen MR) is 85.3 cm³/mol. The number of benzene rings is 2. The highest BCUT2D eigenvalue weighted by molar-refractivity contribution is 6.10. The van der Waals surface area contributed by atoms with Crippen LogP contribution < -0.4 is 14.4 Å². The van der Waals surface area contributed by atoms with Gasteiger partial charge in [0, 0.05) is 18.2 Å². The Kier molecular flexibility index (Phi) is 3.11. The number of aliphatic hydroxyl groups is 1. The average molecular weight is 325 g/mol. The number of hydrogen-bond donors (Lipinski definition) is 1. The lowest BCUT2D eigenvalue weighted by atomic mass is 9.88. The van der Waals surface area contributed by atoms with Crippen molar-refractivity contribution in [2.75, 3.05) is 18.7 Å². The summed E-state index contributed by atoms with van der Waals surface area (Å²) in [6.07, 6.45) is -0.327. The number of Topliss-reactive ketones (excluding diaryl/α,β-unsaturated/α-hetero) is 1. The van der Waals surface area contributed by atoms with Gasteiger partial charge in [-0.1, -0.05) is 18.2 Å². The summed E-state index contributed by atoms with van der Waals surface area (Å²) < 4.78 is 10.5. The first-order chi connectivity index (χ1) is 11.5. The first-order valence-electron chi connectivity index (χ1n) is 7.53. The summed E-state index contributed by atoms with van der Waals surface area (Å²) >= 11 is 0. The van der Waals surface area contributed by atoms with Gasteiger partial charge < -0.3 is 19.5 Å². The molecule has 0 aromatic heterocycles. The van der Waals surface area contributed by atoms with Crippen LogP contribution in [0.1, 0.15) is 22.3 Å². The average Bonchev–Trinajstić information content (AvgIpc) is 3.13. The fraction of sp³-hybridized carbons (Fsp3) is 0.222. The van der Waals surface area contributed by atoms with Gasteiger partial charge in [-0.05, 0) is 24.3 Å². The Hall–Kier alpha value is -2.86. The second kappa shape index (κ2) is 5.07. The van der Waals surface area contributed by atoms with E-state index in [9.17, 15) is 14.7 Å². The molecule has 0 spiro atoms. The minimum Gasteiger partial charge on any atom is -0.454 e. The zero-order chi connectivity index (χ0) is 16.9. The number of fused-ring (bicyclic) bond motifs is 2. The third kappa shape index (κ3) is 2.00. The Labute approximate surface area is 138 Å². The summed E-state index contributed by atoms with van der Waals surface area (Å²) in [7, 11) is 1.59. The summed E-state index contributed by atoms with van der Waals surface area (Å²) in [5.74, 6) is 0.224. The minimum atomic E-state index is -1.85. The van der Waals surface area contributed by atoms with Gasteiger partial charge in [0.25, 0.3) is 5.91 Å². The van der Waals surface area contributed by atoms with Crippen LogP contribution in [0.5, 0.6) is 11.5 Å². The Balaban J connectivity index is 1.67. The van der Waals surface area contributed by atoms with E-state index < -0.39 is 11.5 Å². The van der Waals surface area contributed by atoms with Gasteiger partial charge in [0.1, 0.15) is 0 Å². The van der Waals surface area contributed by atoms with Gasteiger partial charge in [-0.15, -0.1) is 0 Å². The van der Waals surface area contributed by atoms with E-state index in [0.717, 1.165) is 0 Å². The molecule has 1 amide bonds. The molecule has 6 heteroatoms. The second-order valence-corrected chi connectivity index (χ2v) is 5.91. The van der Waals surface area contributed by atoms with E-state index in [-0.39, 0.29) is 19.0 Å². The summed E-state index contributed by atoms with van der Waals surface area (Å²) in [6, 6.07) is 11.8. The molecular weight excluding hydrogens is 310 g/mol. The number of amides is 1. The number of carbonyl (C=O) groups is 2. The van der Waals surface area contributed by atoms with Crippen LogP contribution in [-0.4, -0.2) is 30.6 Å². The zero-order valence-corrected chi connectivity index (χ0v) is 13.0. The van der Waals surface area contributed by atoms with Crippen molar-refractivity contribution in [3.05, 3.63) is 53.6 Å². The summed E-state index contributed by atoms with van der Waals surface area (Å²) in [4.78, 5) is 26.5. The molecule has 0 bridgehead atoms. The van der Waals surface area contributed by atoms with Gasteiger partial charge in [0.05, 0.1) is 12.1 Å². The fourth-order valence-electron chi connectivity index (χ4n) is 3.19. The van der Waals surface area contributed by atoms with Gasteiger partial charge in [0.15, 0.2) is 22.9 Å². The number of ketones is 1. The molecule has 0 radical (unpaired) electrons. The Morgan fingerprint density at radius 1 is 1.21 bits per heavy atom. The third-order valence-corrected chi connectivity index (χ3v) is 4.48. The van der Waals surface area contributed by atoms with E-state index in [1.807, 2.05) is 0 Å². The van der Waals surface area contributed by atoms with Crippen LogP contribution in [0.15, 0.2) is 42.5 Å². The molecule has 0 saturated carbocycles. The lowest BCUT2D eigenvalue weighted by molar-refractivity contribution is -0.135. The number of hydrogen-bond acceptors (Lipinski definition) is 5. The lowest BCUT2D eigenvalue weighted by Crippen LogP contribution is -2.40. The third-order valence-electron chi connectivity index (χ3n) is 4.48. The molecule has 0 fully saturated rings. The van der Waals surface area contributed by atoms with E-state index in [1.165, 1.54) is 4.90 Å². The Bertz CT molecular complexity index is 862. The largest absolute Gasteiger partial charge is 0.454 e. The van der Waals surface area contributed by atoms with Crippen LogP contribution in [0, 0.1) is 0 Å². The molecule has 1 N–H and O–H groups in total. The number of ether oxygens (including phenoxy) is 2. The standard InChI is InChI=1S/C18H15NO5/c1-19-13-5-3-2-4-12(13)18(22,17(19)21)9-14(20)11-6-7-15-16(8-11)24-10-23-15/h2-8,22H,9-10H2,1H3/t18-/m1/s1. The molecule has 2 aliphatic rings. The maximum absolute atomic E-state index is 12.6. The summed E-state index contributed by atoms with van der Waals surface area (Å²) in [5.41, 5.74) is -0.415. The fourth-order valence-corrected chi connectivity index (χ4v) is 3.19. The molecule has 6 nitrogen and oxygen atoms in total. The first kappa shape index (κ1) is 14.7. The van der Waals surface area contributed by atoms with Gasteiger partial charge in [0.2, 0.25) is 6.79 Å². The van der Waals surface area contributed by atoms with Crippen LogP contribution in [0.4, 0.5) is 5.69 Å². The molecule has 2 aromatic carbocycles. The lowest BCUT2D eigenvalue weighted by Gasteiger charge is -2.21. The molecule has 2 aliphatic heterocycles. The molecule has 2 heterocycles. The van der Waals surface area contributed by atoms with Crippen LogP contribution in [0.25, 0.3) is 0 Å². The Morgan fingerprint density at radius 3 is 2.79 bits per heavy atom. The zero-order valence-electron chi connectivity index (χ0n) is 13.0. The van der Waals surface area contributed by atoms with Gasteiger partial charge in [-0.3, -0.25) is 9.59 Å². The first-order valence-corrected chi connectivity index (χ1v) is 7.53. The van der Waals surface area contributed by atoms with Crippen LogP contribution in [-0.2, 0) is 10.4 Å². The SMILES string of the molecule is CN1C(=O)[C@@](O)(CC(=O)c2ccc3c(c2)OCO3)c2ccccc21. The number of nitrogens with zero attached hydrogens (tertiary/aromatic N) is 1. The van der Waals surface area contributed by atoms with E-state index in [4.69, 9.17) is 9.47 Å². The van der Waals surface area contributed by atoms with Gasteiger partial charge in [-0.25, -0.2) is 0 Å². The van der Waals surface area contributed by atoms with Crippen molar-refractivity contribution in [3.63, 3.8) is 0 Å². The molecule has 0 unspecified atom stereocenters. The molecule has 0 aliphatic carbocycles. The number of rotatable bonds is 3. The predicted octanol–water partition coefficient (Wildman–Crippen LogP) is 1.85. The van der Waals surface area contributed by atoms with E-state index in [2.05, 4.69) is 0 Å². The van der Waals surface area contributed by atoms with Crippen molar-refractivity contribution in [1.29, 1.82) is 0 Å². The van der Waals surface area contributed by atoms with Crippen LogP contribution in [0.2, 0.25) is 0 Å². The molecule has 2 aromatic rings. The molecule has 24 heavy (non-hydrogen) atoms. The highest BCUT2D eigenvalue weighted by atomic mass is 16.7. The van der Waals surface area contributed by atoms with E-state index in [1.54, 1.807) is 49.5 Å². The molecular formula is C18H15NO5. The maximum atomic E-state index is 12.6. The van der Waals surface area contributed by atoms with Crippen molar-refractivity contribution >= 4 is 17.4 Å². The summed E-state index contributed by atoms with van der Waals surface area (Å²) in [5, 5.41) is 10.9. The maximum Gasteiger partial charge on any atom is 0.263 e. The summed E-state index contributed by atoms with van der Waals surface area (Å²) in [6.45, 7) is 0.119. The molecule has 122 valence electrons. The molecule has 0 saturated heterocycles. The quantitative estimate of drug-likeness (QED) is 0.872. The van der Waals surface area contributed by atoms with E-state index in [0.29, 0.717) is 28.3 Å². The highest BCUT2D eigenvalue weighted by Crippen LogP contribution is 2.42. The number of likely N-dealkylation sites (N-methyl/N-ethyl adjacent to an activating group) is 1. The van der Waals surface area contributed by atoms with Crippen molar-refractivity contribution in [2.24, 2.45) is 0 Å². The highest BCUT2D eigenvalue weighted by Gasteiger charge is 2.49. The monoisotopic (exact) mass is 325 g/mol. The smallest absolute Gasteiger partial charge is 0.263 e. The van der Waals surface area contributed by atoms with Crippen molar-refractivity contribution in [2.45, 2.75) is 12.0 Å². The minimum absolute atomic E-state index is 0.119.